The molecule has 1 saturated heterocycles. The normalized spacial score (nSPS) is 25.7. The fraction of sp³-hybridized carbons (Fsp3) is 1.00. The van der Waals surface area contributed by atoms with Gasteiger partial charge in [0.25, 0.3) is 10.2 Å². The van der Waals surface area contributed by atoms with Crippen molar-refractivity contribution in [2.24, 2.45) is 0 Å². The van der Waals surface area contributed by atoms with E-state index in [4.69, 9.17) is 10.2 Å². The summed E-state index contributed by atoms with van der Waals surface area (Å²) in [5.41, 5.74) is 0. The molecular formula is C6H14N2O4S. The molecule has 0 spiro atoms. The van der Waals surface area contributed by atoms with Gasteiger partial charge in [-0.15, -0.1) is 0 Å². The number of β-amino-alcohol motifs (C(OH)–C–C–N with tert-alkyl or cyclic N) is 1. The lowest BCUT2D eigenvalue weighted by molar-refractivity contribution is 0.0773. The van der Waals surface area contributed by atoms with E-state index in [2.05, 4.69) is 4.72 Å². The van der Waals surface area contributed by atoms with Crippen molar-refractivity contribution < 1.29 is 18.6 Å². The zero-order valence-corrected chi connectivity index (χ0v) is 8.00. The lowest BCUT2D eigenvalue weighted by Crippen LogP contribution is -2.49. The first kappa shape index (κ1) is 10.9. The van der Waals surface area contributed by atoms with E-state index in [0.29, 0.717) is 13.1 Å². The molecule has 0 saturated carbocycles. The topological polar surface area (TPSA) is 89.9 Å². The lowest BCUT2D eigenvalue weighted by atomic mass is 10.3. The molecule has 13 heavy (non-hydrogen) atoms. The molecule has 1 fully saturated rings. The highest BCUT2D eigenvalue weighted by Crippen LogP contribution is 2.05. The van der Waals surface area contributed by atoms with Crippen molar-refractivity contribution >= 4 is 10.2 Å². The van der Waals surface area contributed by atoms with Crippen LogP contribution in [0.4, 0.5) is 0 Å². The van der Waals surface area contributed by atoms with Crippen molar-refractivity contribution in [1.82, 2.24) is 9.03 Å². The predicted octanol–water partition coefficient (Wildman–Crippen LogP) is -2.12. The molecule has 0 aromatic rings. The molecule has 0 bridgehead atoms. The maximum absolute atomic E-state index is 11.3. The van der Waals surface area contributed by atoms with E-state index in [1.165, 1.54) is 0 Å². The van der Waals surface area contributed by atoms with Crippen molar-refractivity contribution in [3.63, 3.8) is 0 Å². The fourth-order valence-electron chi connectivity index (χ4n) is 1.15. The Bertz CT molecular complexity index is 253. The summed E-state index contributed by atoms with van der Waals surface area (Å²) in [5.74, 6) is 0. The molecule has 1 atom stereocenters. The minimum atomic E-state index is -3.42. The summed E-state index contributed by atoms with van der Waals surface area (Å²) >= 11 is 0. The van der Waals surface area contributed by atoms with Crippen molar-refractivity contribution in [1.29, 1.82) is 0 Å². The van der Waals surface area contributed by atoms with E-state index >= 15 is 0 Å². The van der Waals surface area contributed by atoms with Crippen LogP contribution in [-0.4, -0.2) is 55.3 Å². The highest BCUT2D eigenvalue weighted by atomic mass is 32.2. The van der Waals surface area contributed by atoms with E-state index in [1.54, 1.807) is 0 Å². The van der Waals surface area contributed by atoms with Gasteiger partial charge in [0, 0.05) is 19.6 Å². The van der Waals surface area contributed by atoms with Crippen LogP contribution in [0.1, 0.15) is 6.42 Å². The van der Waals surface area contributed by atoms with Crippen LogP contribution in [0.2, 0.25) is 0 Å². The van der Waals surface area contributed by atoms with Gasteiger partial charge < -0.3 is 10.2 Å². The minimum Gasteiger partial charge on any atom is -0.394 e. The Kier molecular flexibility index (Phi) is 3.63. The van der Waals surface area contributed by atoms with Crippen LogP contribution in [-0.2, 0) is 10.2 Å². The van der Waals surface area contributed by atoms with Crippen molar-refractivity contribution in [3.05, 3.63) is 0 Å². The summed E-state index contributed by atoms with van der Waals surface area (Å²) in [6, 6.07) is 0. The van der Waals surface area contributed by atoms with Crippen molar-refractivity contribution in [3.8, 4) is 0 Å². The fourth-order valence-corrected chi connectivity index (χ4v) is 2.47. The maximum atomic E-state index is 11.3. The Morgan fingerprint density at radius 1 is 1.54 bits per heavy atom. The third-order valence-electron chi connectivity index (χ3n) is 1.83. The maximum Gasteiger partial charge on any atom is 0.279 e. The molecule has 1 rings (SSSR count). The number of aliphatic hydroxyl groups excluding tert-OH is 2. The van der Waals surface area contributed by atoms with Crippen LogP contribution in [0.25, 0.3) is 0 Å². The Hall–Kier alpha value is -0.210. The third kappa shape index (κ3) is 2.89. The van der Waals surface area contributed by atoms with Gasteiger partial charge in [0.15, 0.2) is 0 Å². The number of hydrogen-bond acceptors (Lipinski definition) is 4. The number of rotatable bonds is 3. The molecule has 0 aromatic heterocycles. The standard InChI is InChI=1S/C6H14N2O4S/c9-5-6(10)4-8-3-1-2-7-13(8,11)12/h6-7,9-10H,1-5H2. The van der Waals surface area contributed by atoms with Gasteiger partial charge in [-0.05, 0) is 6.42 Å². The largest absolute Gasteiger partial charge is 0.394 e. The molecule has 0 aliphatic carbocycles. The second kappa shape index (κ2) is 4.34. The predicted molar refractivity (Wildman–Crippen MR) is 46.2 cm³/mol. The Labute approximate surface area is 77.4 Å². The second-order valence-electron chi connectivity index (χ2n) is 2.95. The number of aliphatic hydroxyl groups is 2. The Morgan fingerprint density at radius 3 is 2.77 bits per heavy atom. The van der Waals surface area contributed by atoms with E-state index < -0.39 is 22.9 Å². The summed E-state index contributed by atoms with van der Waals surface area (Å²) in [6.45, 7) is 0.359. The summed E-state index contributed by atoms with van der Waals surface area (Å²) in [4.78, 5) is 0. The molecule has 0 amide bonds. The van der Waals surface area contributed by atoms with Gasteiger partial charge in [-0.3, -0.25) is 0 Å². The molecule has 1 unspecified atom stereocenters. The smallest absolute Gasteiger partial charge is 0.279 e. The molecule has 1 aliphatic heterocycles. The van der Waals surface area contributed by atoms with Gasteiger partial charge in [-0.1, -0.05) is 0 Å². The molecule has 1 aliphatic rings. The van der Waals surface area contributed by atoms with Gasteiger partial charge in [-0.2, -0.15) is 12.7 Å². The first-order chi connectivity index (χ1) is 6.06. The van der Waals surface area contributed by atoms with Crippen LogP contribution >= 0.6 is 0 Å². The molecule has 0 aromatic carbocycles. The second-order valence-corrected chi connectivity index (χ2v) is 4.70. The average molecular weight is 210 g/mol. The number of nitrogens with one attached hydrogen (secondary N) is 1. The Morgan fingerprint density at radius 2 is 2.23 bits per heavy atom. The van der Waals surface area contributed by atoms with Gasteiger partial charge in [0.05, 0.1) is 12.7 Å². The van der Waals surface area contributed by atoms with E-state index in [0.717, 1.165) is 10.7 Å². The molecule has 7 heteroatoms. The van der Waals surface area contributed by atoms with Crippen LogP contribution in [0.15, 0.2) is 0 Å². The molecule has 0 radical (unpaired) electrons. The number of nitrogens with zero attached hydrogens (tertiary/aromatic N) is 1. The van der Waals surface area contributed by atoms with Crippen LogP contribution in [0.3, 0.4) is 0 Å². The summed E-state index contributed by atoms with van der Waals surface area (Å²) < 4.78 is 26.0. The Balaban J connectivity index is 2.56. The summed E-state index contributed by atoms with van der Waals surface area (Å²) in [7, 11) is -3.42. The molecule has 78 valence electrons. The zero-order chi connectivity index (χ0) is 9.90. The first-order valence-electron chi connectivity index (χ1n) is 4.10. The lowest BCUT2D eigenvalue weighted by Gasteiger charge is -2.27. The minimum absolute atomic E-state index is 0.0498. The molecule has 3 N–H and O–H groups in total. The SMILES string of the molecule is O=S1(=O)NCCCN1CC(O)CO. The van der Waals surface area contributed by atoms with Gasteiger partial charge in [0.1, 0.15) is 0 Å². The highest BCUT2D eigenvalue weighted by Gasteiger charge is 2.26. The van der Waals surface area contributed by atoms with Gasteiger partial charge >= 0.3 is 0 Å². The molecule has 1 heterocycles. The van der Waals surface area contributed by atoms with Crippen LogP contribution < -0.4 is 4.72 Å². The van der Waals surface area contributed by atoms with E-state index in [1.807, 2.05) is 0 Å². The van der Waals surface area contributed by atoms with E-state index in [9.17, 15) is 8.42 Å². The summed E-state index contributed by atoms with van der Waals surface area (Å²) in [6.07, 6.45) is -0.285. The van der Waals surface area contributed by atoms with Gasteiger partial charge in [-0.25, -0.2) is 4.72 Å². The zero-order valence-electron chi connectivity index (χ0n) is 7.18. The monoisotopic (exact) mass is 210 g/mol. The van der Waals surface area contributed by atoms with Crippen molar-refractivity contribution in [2.75, 3.05) is 26.2 Å². The van der Waals surface area contributed by atoms with E-state index in [-0.39, 0.29) is 6.54 Å². The van der Waals surface area contributed by atoms with Crippen LogP contribution in [0, 0.1) is 0 Å². The molecular weight excluding hydrogens is 196 g/mol. The first-order valence-corrected chi connectivity index (χ1v) is 5.54. The van der Waals surface area contributed by atoms with Crippen LogP contribution in [0.5, 0.6) is 0 Å². The molecule has 6 nitrogen and oxygen atoms in total. The van der Waals surface area contributed by atoms with Crippen molar-refractivity contribution in [2.45, 2.75) is 12.5 Å². The quantitative estimate of drug-likeness (QED) is 0.497. The highest BCUT2D eigenvalue weighted by molar-refractivity contribution is 7.87. The number of hydrogen-bond donors (Lipinski definition) is 3. The average Bonchev–Trinajstić information content (AvgIpc) is 2.08. The van der Waals surface area contributed by atoms with Gasteiger partial charge in [0.2, 0.25) is 0 Å². The summed E-state index contributed by atoms with van der Waals surface area (Å²) in [5, 5.41) is 17.6. The third-order valence-corrected chi connectivity index (χ3v) is 3.41.